The Morgan fingerprint density at radius 1 is 1.12 bits per heavy atom. The van der Waals surface area contributed by atoms with E-state index in [1.165, 1.54) is 32.1 Å². The first-order valence-electron chi connectivity index (χ1n) is 5.87. The fourth-order valence-electron chi connectivity index (χ4n) is 1.97. The number of benzene rings is 1. The summed E-state index contributed by atoms with van der Waals surface area (Å²) in [4.78, 5) is 11.8. The average Bonchev–Trinajstić information content (AvgIpc) is 2.38. The molecule has 0 radical (unpaired) electrons. The SMILES string of the molecule is O=C(NSC1CCCCC1)c1ccccc1. The topological polar surface area (TPSA) is 29.1 Å². The van der Waals surface area contributed by atoms with Gasteiger partial charge in [0.2, 0.25) is 0 Å². The first-order chi connectivity index (χ1) is 7.86. The quantitative estimate of drug-likeness (QED) is 0.814. The van der Waals surface area contributed by atoms with Crippen molar-refractivity contribution in [3.05, 3.63) is 35.9 Å². The summed E-state index contributed by atoms with van der Waals surface area (Å²) in [5.74, 6) is 0.0242. The van der Waals surface area contributed by atoms with Gasteiger partial charge in [0, 0.05) is 10.8 Å². The molecular weight excluding hydrogens is 218 g/mol. The average molecular weight is 235 g/mol. The summed E-state index contributed by atoms with van der Waals surface area (Å²) in [6, 6.07) is 9.39. The Balaban J connectivity index is 1.79. The Morgan fingerprint density at radius 2 is 1.81 bits per heavy atom. The van der Waals surface area contributed by atoms with Crippen molar-refractivity contribution < 1.29 is 4.79 Å². The van der Waals surface area contributed by atoms with Gasteiger partial charge in [-0.3, -0.25) is 9.52 Å². The molecule has 2 nitrogen and oxygen atoms in total. The lowest BCUT2D eigenvalue weighted by molar-refractivity contribution is 0.0984. The minimum Gasteiger partial charge on any atom is -0.296 e. The summed E-state index contributed by atoms with van der Waals surface area (Å²) in [6.45, 7) is 0. The lowest BCUT2D eigenvalue weighted by Gasteiger charge is -2.20. The van der Waals surface area contributed by atoms with Crippen molar-refractivity contribution in [1.82, 2.24) is 4.72 Å². The van der Waals surface area contributed by atoms with Crippen LogP contribution in [0.25, 0.3) is 0 Å². The second-order valence-electron chi connectivity index (χ2n) is 4.18. The lowest BCUT2D eigenvalue weighted by Crippen LogP contribution is -2.21. The molecule has 1 aromatic carbocycles. The molecule has 0 aromatic heterocycles. The molecule has 1 fully saturated rings. The molecule has 1 aliphatic carbocycles. The van der Waals surface area contributed by atoms with E-state index in [0.29, 0.717) is 5.25 Å². The second-order valence-corrected chi connectivity index (χ2v) is 5.28. The van der Waals surface area contributed by atoms with Crippen molar-refractivity contribution in [2.24, 2.45) is 0 Å². The Hall–Kier alpha value is -0.960. The summed E-state index contributed by atoms with van der Waals surface area (Å²) in [7, 11) is 0. The smallest absolute Gasteiger partial charge is 0.261 e. The van der Waals surface area contributed by atoms with Gasteiger partial charge in [0.05, 0.1) is 0 Å². The van der Waals surface area contributed by atoms with Crippen molar-refractivity contribution in [3.8, 4) is 0 Å². The maximum absolute atomic E-state index is 11.8. The zero-order chi connectivity index (χ0) is 11.2. The fraction of sp³-hybridized carbons (Fsp3) is 0.462. The molecule has 0 bridgehead atoms. The summed E-state index contributed by atoms with van der Waals surface area (Å²) in [5, 5.41) is 0.612. The van der Waals surface area contributed by atoms with Crippen molar-refractivity contribution in [2.75, 3.05) is 0 Å². The molecule has 1 aliphatic rings. The largest absolute Gasteiger partial charge is 0.296 e. The molecule has 86 valence electrons. The van der Waals surface area contributed by atoms with Crippen LogP contribution in [-0.2, 0) is 0 Å². The van der Waals surface area contributed by atoms with Crippen LogP contribution in [0.15, 0.2) is 30.3 Å². The third-order valence-corrected chi connectivity index (χ3v) is 4.01. The molecule has 3 heteroatoms. The van der Waals surface area contributed by atoms with Gasteiger partial charge in [0.25, 0.3) is 5.91 Å². The van der Waals surface area contributed by atoms with E-state index in [1.807, 2.05) is 30.3 Å². The van der Waals surface area contributed by atoms with E-state index < -0.39 is 0 Å². The van der Waals surface area contributed by atoms with E-state index in [-0.39, 0.29) is 5.91 Å². The van der Waals surface area contributed by atoms with Crippen LogP contribution in [0, 0.1) is 0 Å². The summed E-state index contributed by atoms with van der Waals surface area (Å²) >= 11 is 1.60. The molecule has 1 N–H and O–H groups in total. The van der Waals surface area contributed by atoms with Gasteiger partial charge in [-0.05, 0) is 36.9 Å². The van der Waals surface area contributed by atoms with Gasteiger partial charge in [0.15, 0.2) is 0 Å². The highest BCUT2D eigenvalue weighted by molar-refractivity contribution is 7.98. The molecule has 0 unspecified atom stereocenters. The molecular formula is C13H17NOS. The minimum atomic E-state index is 0.0242. The van der Waals surface area contributed by atoms with Gasteiger partial charge in [-0.15, -0.1) is 0 Å². The van der Waals surface area contributed by atoms with Crippen LogP contribution in [0.5, 0.6) is 0 Å². The number of amides is 1. The molecule has 0 heterocycles. The third kappa shape index (κ3) is 3.27. The first kappa shape index (κ1) is 11.5. The van der Waals surface area contributed by atoms with Crippen molar-refractivity contribution >= 4 is 17.9 Å². The Morgan fingerprint density at radius 3 is 2.50 bits per heavy atom. The molecule has 2 rings (SSSR count). The van der Waals surface area contributed by atoms with Crippen LogP contribution < -0.4 is 4.72 Å². The standard InChI is InChI=1S/C13H17NOS/c15-13(11-7-3-1-4-8-11)14-16-12-9-5-2-6-10-12/h1,3-4,7-8,12H,2,5-6,9-10H2,(H,14,15). The van der Waals surface area contributed by atoms with Crippen molar-refractivity contribution in [3.63, 3.8) is 0 Å². The van der Waals surface area contributed by atoms with Crippen LogP contribution >= 0.6 is 11.9 Å². The first-order valence-corrected chi connectivity index (χ1v) is 6.75. The van der Waals surface area contributed by atoms with Crippen LogP contribution in [0.3, 0.4) is 0 Å². The number of hydrogen-bond donors (Lipinski definition) is 1. The van der Waals surface area contributed by atoms with Gasteiger partial charge in [-0.25, -0.2) is 0 Å². The number of nitrogens with one attached hydrogen (secondary N) is 1. The van der Waals surface area contributed by atoms with Crippen LogP contribution in [-0.4, -0.2) is 11.2 Å². The monoisotopic (exact) mass is 235 g/mol. The zero-order valence-corrected chi connectivity index (χ0v) is 10.1. The number of hydrogen-bond acceptors (Lipinski definition) is 2. The molecule has 1 saturated carbocycles. The predicted molar refractivity (Wildman–Crippen MR) is 68.4 cm³/mol. The highest BCUT2D eigenvalue weighted by Gasteiger charge is 2.15. The lowest BCUT2D eigenvalue weighted by atomic mass is 10.0. The van der Waals surface area contributed by atoms with Crippen LogP contribution in [0.4, 0.5) is 0 Å². The van der Waals surface area contributed by atoms with E-state index >= 15 is 0 Å². The van der Waals surface area contributed by atoms with Gasteiger partial charge >= 0.3 is 0 Å². The Labute approximate surface area is 101 Å². The third-order valence-electron chi connectivity index (χ3n) is 2.91. The number of carbonyl (C=O) groups is 1. The van der Waals surface area contributed by atoms with E-state index in [0.717, 1.165) is 5.56 Å². The summed E-state index contributed by atoms with van der Waals surface area (Å²) in [6.07, 6.45) is 6.43. The molecule has 16 heavy (non-hydrogen) atoms. The van der Waals surface area contributed by atoms with Crippen molar-refractivity contribution in [2.45, 2.75) is 37.4 Å². The van der Waals surface area contributed by atoms with Crippen LogP contribution in [0.2, 0.25) is 0 Å². The highest BCUT2D eigenvalue weighted by Crippen LogP contribution is 2.26. The van der Waals surface area contributed by atoms with Crippen molar-refractivity contribution in [1.29, 1.82) is 0 Å². The number of rotatable bonds is 3. The molecule has 0 atom stereocenters. The molecule has 1 aromatic rings. The van der Waals surface area contributed by atoms with E-state index in [2.05, 4.69) is 4.72 Å². The second kappa shape index (κ2) is 5.94. The predicted octanol–water partition coefficient (Wildman–Crippen LogP) is 3.40. The maximum Gasteiger partial charge on any atom is 0.261 e. The summed E-state index contributed by atoms with van der Waals surface area (Å²) < 4.78 is 2.95. The van der Waals surface area contributed by atoms with Gasteiger partial charge < -0.3 is 0 Å². The fourth-order valence-corrected chi connectivity index (χ4v) is 2.93. The molecule has 0 aliphatic heterocycles. The molecule has 0 spiro atoms. The maximum atomic E-state index is 11.8. The van der Waals surface area contributed by atoms with Gasteiger partial charge in [-0.2, -0.15) is 0 Å². The Kier molecular flexibility index (Phi) is 4.28. The van der Waals surface area contributed by atoms with E-state index in [9.17, 15) is 4.79 Å². The normalized spacial score (nSPS) is 17.0. The summed E-state index contributed by atoms with van der Waals surface area (Å²) in [5.41, 5.74) is 0.741. The zero-order valence-electron chi connectivity index (χ0n) is 9.32. The highest BCUT2D eigenvalue weighted by atomic mass is 32.2. The van der Waals surface area contributed by atoms with E-state index in [4.69, 9.17) is 0 Å². The van der Waals surface area contributed by atoms with Gasteiger partial charge in [0.1, 0.15) is 0 Å². The van der Waals surface area contributed by atoms with Crippen LogP contribution in [0.1, 0.15) is 42.5 Å². The Bertz CT molecular complexity index is 333. The molecule has 1 amide bonds. The molecule has 0 saturated heterocycles. The minimum absolute atomic E-state index is 0.0242. The van der Waals surface area contributed by atoms with Gasteiger partial charge in [-0.1, -0.05) is 37.5 Å². The number of carbonyl (C=O) groups excluding carboxylic acids is 1. The van der Waals surface area contributed by atoms with E-state index in [1.54, 1.807) is 11.9 Å².